The summed E-state index contributed by atoms with van der Waals surface area (Å²) in [7, 11) is 0. The summed E-state index contributed by atoms with van der Waals surface area (Å²) >= 11 is 0.987. The first kappa shape index (κ1) is 16.4. The van der Waals surface area contributed by atoms with Crippen LogP contribution >= 0.6 is 11.8 Å². The van der Waals surface area contributed by atoms with Gasteiger partial charge in [0.25, 0.3) is 11.1 Å². The van der Waals surface area contributed by atoms with Crippen molar-refractivity contribution in [2.45, 2.75) is 19.3 Å². The van der Waals surface area contributed by atoms with Gasteiger partial charge in [-0.3, -0.25) is 19.3 Å². The summed E-state index contributed by atoms with van der Waals surface area (Å²) < 4.78 is 0. The van der Waals surface area contributed by atoms with E-state index < -0.39 is 0 Å². The van der Waals surface area contributed by atoms with Crippen molar-refractivity contribution in [1.82, 2.24) is 15.1 Å². The molecule has 2 saturated heterocycles. The van der Waals surface area contributed by atoms with Gasteiger partial charge in [0.05, 0.1) is 5.75 Å². The molecule has 0 unspecified atom stereocenters. The molecule has 2 heterocycles. The Bertz CT molecular complexity index is 519. The molecule has 0 aromatic carbocycles. The molecule has 2 rings (SSSR count). The van der Waals surface area contributed by atoms with Crippen LogP contribution < -0.4 is 5.32 Å². The first-order chi connectivity index (χ1) is 10.6. The molecule has 0 saturated carbocycles. The van der Waals surface area contributed by atoms with Gasteiger partial charge in [-0.15, -0.1) is 0 Å². The highest BCUT2D eigenvalue weighted by Crippen LogP contribution is 2.17. The highest BCUT2D eigenvalue weighted by molar-refractivity contribution is 8.14. The smallest absolute Gasteiger partial charge is 0.288 e. The number of nitriles is 1. The molecule has 0 spiro atoms. The lowest BCUT2D eigenvalue weighted by Crippen LogP contribution is -2.37. The summed E-state index contributed by atoms with van der Waals surface area (Å²) in [4.78, 5) is 37.8. The van der Waals surface area contributed by atoms with Crippen LogP contribution in [0.2, 0.25) is 0 Å². The van der Waals surface area contributed by atoms with Gasteiger partial charge in [-0.05, 0) is 19.3 Å². The summed E-state index contributed by atoms with van der Waals surface area (Å²) in [6.45, 7) is 1.92. The van der Waals surface area contributed by atoms with E-state index in [1.54, 1.807) is 4.90 Å². The Morgan fingerprint density at radius 3 is 2.64 bits per heavy atom. The summed E-state index contributed by atoms with van der Waals surface area (Å²) in [6, 6.07) is 1.90. The van der Waals surface area contributed by atoms with Crippen molar-refractivity contribution in [1.29, 1.82) is 5.26 Å². The molecule has 1 N–H and O–H groups in total. The second-order valence-corrected chi connectivity index (χ2v) is 6.00. The summed E-state index contributed by atoms with van der Waals surface area (Å²) in [5, 5.41) is 11.7. The van der Waals surface area contributed by atoms with Crippen molar-refractivity contribution < 1.29 is 14.4 Å². The number of carbonyl (C=O) groups excluding carboxylic acids is 3. The van der Waals surface area contributed by atoms with Crippen molar-refractivity contribution in [2.75, 3.05) is 31.9 Å². The van der Waals surface area contributed by atoms with E-state index in [1.165, 1.54) is 11.1 Å². The Balaban J connectivity index is 1.82. The van der Waals surface area contributed by atoms with Gasteiger partial charge in [-0.2, -0.15) is 5.26 Å². The molecule has 0 aliphatic carbocycles. The van der Waals surface area contributed by atoms with Crippen molar-refractivity contribution in [3.8, 4) is 6.07 Å². The van der Waals surface area contributed by atoms with Gasteiger partial charge in [-0.25, -0.2) is 0 Å². The third-order valence-electron chi connectivity index (χ3n) is 3.56. The molecule has 0 radical (unpaired) electrons. The molecule has 8 heteroatoms. The van der Waals surface area contributed by atoms with Crippen molar-refractivity contribution in [3.63, 3.8) is 0 Å². The van der Waals surface area contributed by atoms with Crippen LogP contribution in [0.15, 0.2) is 11.8 Å². The van der Waals surface area contributed by atoms with E-state index in [4.69, 9.17) is 5.26 Å². The molecular weight excluding hydrogens is 304 g/mol. The van der Waals surface area contributed by atoms with Crippen molar-refractivity contribution in [3.05, 3.63) is 11.8 Å². The van der Waals surface area contributed by atoms with Crippen LogP contribution in [0.4, 0.5) is 4.79 Å². The van der Waals surface area contributed by atoms with E-state index in [0.717, 1.165) is 31.0 Å². The SMILES string of the molecule is N#C/C(=C/NCCN1C(=O)CSC1=O)C(=O)N1CCCCC1. The number of hydrogen-bond acceptors (Lipinski definition) is 6. The largest absolute Gasteiger partial charge is 0.388 e. The van der Waals surface area contributed by atoms with Crippen LogP contribution in [0, 0.1) is 11.3 Å². The predicted octanol–water partition coefficient (Wildman–Crippen LogP) is 0.691. The molecule has 0 aromatic rings. The molecule has 7 nitrogen and oxygen atoms in total. The normalized spacial score (nSPS) is 19.3. The Kier molecular flexibility index (Phi) is 5.83. The first-order valence-corrected chi connectivity index (χ1v) is 8.22. The van der Waals surface area contributed by atoms with Crippen molar-refractivity contribution in [2.24, 2.45) is 0 Å². The van der Waals surface area contributed by atoms with Gasteiger partial charge in [0.15, 0.2) is 0 Å². The molecule has 118 valence electrons. The minimum atomic E-state index is -0.265. The second kappa shape index (κ2) is 7.84. The zero-order valence-corrected chi connectivity index (χ0v) is 13.0. The molecular formula is C14H18N4O3S. The Morgan fingerprint density at radius 2 is 2.05 bits per heavy atom. The van der Waals surface area contributed by atoms with Crippen LogP contribution in [-0.4, -0.2) is 58.8 Å². The lowest BCUT2D eigenvalue weighted by atomic mass is 10.1. The quantitative estimate of drug-likeness (QED) is 0.455. The average molecular weight is 322 g/mol. The van der Waals surface area contributed by atoms with Gasteiger partial charge >= 0.3 is 0 Å². The topological polar surface area (TPSA) is 93.5 Å². The average Bonchev–Trinajstić information content (AvgIpc) is 2.87. The van der Waals surface area contributed by atoms with Gasteiger partial charge < -0.3 is 10.2 Å². The first-order valence-electron chi connectivity index (χ1n) is 7.23. The number of thioether (sulfide) groups is 1. The minimum absolute atomic E-state index is 0.0513. The van der Waals surface area contributed by atoms with Gasteiger partial charge in [0.2, 0.25) is 5.91 Å². The van der Waals surface area contributed by atoms with Gasteiger partial charge in [0.1, 0.15) is 11.6 Å². The molecule has 0 aromatic heterocycles. The van der Waals surface area contributed by atoms with E-state index >= 15 is 0 Å². The maximum absolute atomic E-state index is 12.2. The van der Waals surface area contributed by atoms with Crippen LogP contribution in [0.1, 0.15) is 19.3 Å². The second-order valence-electron chi connectivity index (χ2n) is 5.08. The highest BCUT2D eigenvalue weighted by Gasteiger charge is 2.29. The molecule has 3 amide bonds. The highest BCUT2D eigenvalue weighted by atomic mass is 32.2. The van der Waals surface area contributed by atoms with Gasteiger partial charge in [0, 0.05) is 32.4 Å². The van der Waals surface area contributed by atoms with Crippen LogP contribution in [-0.2, 0) is 9.59 Å². The number of piperidine rings is 1. The number of amides is 3. The van der Waals surface area contributed by atoms with E-state index in [2.05, 4.69) is 5.32 Å². The number of likely N-dealkylation sites (tertiary alicyclic amines) is 1. The predicted molar refractivity (Wildman–Crippen MR) is 81.7 cm³/mol. The lowest BCUT2D eigenvalue weighted by Gasteiger charge is -2.26. The van der Waals surface area contributed by atoms with Crippen LogP contribution in [0.5, 0.6) is 0 Å². The summed E-state index contributed by atoms with van der Waals surface area (Å²) in [5.41, 5.74) is 0.0513. The lowest BCUT2D eigenvalue weighted by molar-refractivity contribution is -0.127. The molecule has 0 atom stereocenters. The van der Waals surface area contributed by atoms with Crippen LogP contribution in [0.25, 0.3) is 0 Å². The third-order valence-corrected chi connectivity index (χ3v) is 4.42. The molecule has 2 aliphatic heterocycles. The van der Waals surface area contributed by atoms with Crippen LogP contribution in [0.3, 0.4) is 0 Å². The Hall–Kier alpha value is -2.01. The number of imide groups is 1. The maximum Gasteiger partial charge on any atom is 0.288 e. The number of rotatable bonds is 5. The maximum atomic E-state index is 12.2. The fraction of sp³-hybridized carbons (Fsp3) is 0.571. The molecule has 2 fully saturated rings. The Labute approximate surface area is 133 Å². The van der Waals surface area contributed by atoms with Gasteiger partial charge in [-0.1, -0.05) is 11.8 Å². The molecule has 2 aliphatic rings. The number of nitrogens with one attached hydrogen (secondary N) is 1. The number of carbonyl (C=O) groups is 3. The zero-order valence-electron chi connectivity index (χ0n) is 12.2. The van der Waals surface area contributed by atoms with E-state index in [0.29, 0.717) is 19.6 Å². The number of hydrogen-bond donors (Lipinski definition) is 1. The minimum Gasteiger partial charge on any atom is -0.388 e. The molecule has 0 bridgehead atoms. The van der Waals surface area contributed by atoms with E-state index in [1.807, 2.05) is 6.07 Å². The van der Waals surface area contributed by atoms with E-state index in [-0.39, 0.29) is 34.9 Å². The van der Waals surface area contributed by atoms with Crippen molar-refractivity contribution >= 4 is 28.8 Å². The number of nitrogens with zero attached hydrogens (tertiary/aromatic N) is 3. The van der Waals surface area contributed by atoms with E-state index in [9.17, 15) is 14.4 Å². The standard InChI is InChI=1S/C14H18N4O3S/c15-8-11(13(20)17-5-2-1-3-6-17)9-16-4-7-18-12(19)10-22-14(18)21/h9,16H,1-7,10H2/b11-9-. The fourth-order valence-electron chi connectivity index (χ4n) is 2.36. The monoisotopic (exact) mass is 322 g/mol. The zero-order chi connectivity index (χ0) is 15.9. The summed E-state index contributed by atoms with van der Waals surface area (Å²) in [5.74, 6) is -0.282. The fourth-order valence-corrected chi connectivity index (χ4v) is 3.11. The summed E-state index contributed by atoms with van der Waals surface area (Å²) in [6.07, 6.45) is 4.42. The third kappa shape index (κ3) is 4.01. The Morgan fingerprint density at radius 1 is 1.32 bits per heavy atom. The molecule has 22 heavy (non-hydrogen) atoms.